The maximum Gasteiger partial charge on any atom is 0.404 e. The maximum atomic E-state index is 13.1. The van der Waals surface area contributed by atoms with E-state index in [0.29, 0.717) is 40.9 Å². The number of nitrogens with one attached hydrogen (secondary N) is 1. The molecule has 0 fully saturated rings. The summed E-state index contributed by atoms with van der Waals surface area (Å²) in [5.74, 6) is 0.648. The van der Waals surface area contributed by atoms with Crippen molar-refractivity contribution in [3.8, 4) is 11.8 Å². The lowest BCUT2D eigenvalue weighted by Crippen LogP contribution is -2.31. The van der Waals surface area contributed by atoms with Gasteiger partial charge >= 0.3 is 6.09 Å². The molecule has 0 unspecified atom stereocenters. The average molecular weight is 371 g/mol. The van der Waals surface area contributed by atoms with Crippen molar-refractivity contribution in [3.63, 3.8) is 0 Å². The van der Waals surface area contributed by atoms with E-state index in [1.807, 2.05) is 20.8 Å². The third kappa shape index (κ3) is 4.79. The van der Waals surface area contributed by atoms with Gasteiger partial charge in [-0.25, -0.2) is 4.79 Å². The summed E-state index contributed by atoms with van der Waals surface area (Å²) < 4.78 is 7.58. The second-order valence-corrected chi connectivity index (χ2v) is 6.82. The van der Waals surface area contributed by atoms with Crippen molar-refractivity contribution in [1.29, 1.82) is 5.26 Å². The Kier molecular flexibility index (Phi) is 6.83. The number of nitriles is 1. The number of hydrogen-bond acceptors (Lipinski definition) is 4. The third-order valence-electron chi connectivity index (χ3n) is 4.16. The Hall–Kier alpha value is -3.01. The monoisotopic (exact) mass is 371 g/mol. The summed E-state index contributed by atoms with van der Waals surface area (Å²) in [5.41, 5.74) is 0.684. The number of carbonyl (C=O) groups is 1. The number of rotatable bonds is 8. The molecule has 1 heterocycles. The van der Waals surface area contributed by atoms with Crippen LogP contribution in [0.1, 0.15) is 44.9 Å². The number of aromatic nitrogens is 1. The number of fused-ring (bicyclic) bond motifs is 1. The minimum Gasteiger partial charge on any atom is -0.491 e. The molecule has 7 heteroatoms. The van der Waals surface area contributed by atoms with Crippen LogP contribution in [0.15, 0.2) is 23.0 Å². The Morgan fingerprint density at radius 2 is 2.11 bits per heavy atom. The first-order valence-electron chi connectivity index (χ1n) is 9.08. The number of benzene rings is 1. The van der Waals surface area contributed by atoms with E-state index in [4.69, 9.17) is 9.84 Å². The van der Waals surface area contributed by atoms with Gasteiger partial charge in [-0.3, -0.25) is 4.79 Å². The van der Waals surface area contributed by atoms with E-state index in [-0.39, 0.29) is 18.0 Å². The van der Waals surface area contributed by atoms with Crippen LogP contribution in [0, 0.1) is 17.2 Å². The van der Waals surface area contributed by atoms with Gasteiger partial charge in [0.2, 0.25) is 0 Å². The molecule has 144 valence electrons. The largest absolute Gasteiger partial charge is 0.491 e. The van der Waals surface area contributed by atoms with Crippen LogP contribution in [0.4, 0.5) is 4.79 Å². The SMILES string of the molecule is CCCCOc1c(CNC(=O)O)n(CC(C)C)c(=O)c2ccc(C#N)cc12. The molecule has 0 aliphatic carbocycles. The van der Waals surface area contributed by atoms with Crippen LogP contribution in [0.2, 0.25) is 0 Å². The van der Waals surface area contributed by atoms with Crippen LogP contribution in [-0.4, -0.2) is 22.4 Å². The van der Waals surface area contributed by atoms with Gasteiger partial charge < -0.3 is 19.7 Å². The number of unbranched alkanes of at least 4 members (excludes halogenated alkanes) is 1. The number of pyridine rings is 1. The molecule has 0 saturated carbocycles. The Balaban J connectivity index is 2.77. The molecule has 27 heavy (non-hydrogen) atoms. The van der Waals surface area contributed by atoms with Crippen molar-refractivity contribution >= 4 is 16.9 Å². The summed E-state index contributed by atoms with van der Waals surface area (Å²) in [5, 5.41) is 21.6. The molecular weight excluding hydrogens is 346 g/mol. The highest BCUT2D eigenvalue weighted by Gasteiger charge is 2.19. The van der Waals surface area contributed by atoms with Gasteiger partial charge in [0.1, 0.15) is 5.75 Å². The summed E-state index contributed by atoms with van der Waals surface area (Å²) in [6.07, 6.45) is 0.591. The Morgan fingerprint density at radius 1 is 1.37 bits per heavy atom. The summed E-state index contributed by atoms with van der Waals surface area (Å²) in [6, 6.07) is 6.94. The summed E-state index contributed by atoms with van der Waals surface area (Å²) in [7, 11) is 0. The highest BCUT2D eigenvalue weighted by atomic mass is 16.5. The Bertz CT molecular complexity index is 925. The first-order valence-corrected chi connectivity index (χ1v) is 9.08. The fourth-order valence-corrected chi connectivity index (χ4v) is 2.91. The number of carboxylic acid groups (broad SMARTS) is 1. The lowest BCUT2D eigenvalue weighted by Gasteiger charge is -2.21. The molecular formula is C20H25N3O4. The van der Waals surface area contributed by atoms with Crippen molar-refractivity contribution in [3.05, 3.63) is 39.8 Å². The first-order chi connectivity index (χ1) is 12.9. The number of nitrogens with zero attached hydrogens (tertiary/aromatic N) is 2. The molecule has 1 aromatic heterocycles. The van der Waals surface area contributed by atoms with E-state index in [1.54, 1.807) is 22.8 Å². The fourth-order valence-electron chi connectivity index (χ4n) is 2.91. The molecule has 0 bridgehead atoms. The van der Waals surface area contributed by atoms with E-state index in [2.05, 4.69) is 11.4 Å². The van der Waals surface area contributed by atoms with Gasteiger partial charge in [-0.1, -0.05) is 27.2 Å². The third-order valence-corrected chi connectivity index (χ3v) is 4.16. The van der Waals surface area contributed by atoms with Gasteiger partial charge in [-0.05, 0) is 30.5 Å². The molecule has 0 aliphatic rings. The molecule has 2 aromatic rings. The topological polar surface area (TPSA) is 104 Å². The second-order valence-electron chi connectivity index (χ2n) is 6.82. The predicted octanol–water partition coefficient (Wildman–Crippen LogP) is 3.48. The zero-order chi connectivity index (χ0) is 20.0. The van der Waals surface area contributed by atoms with Crippen LogP contribution in [0.3, 0.4) is 0 Å². The Morgan fingerprint density at radius 3 is 2.70 bits per heavy atom. The first kappa shape index (κ1) is 20.3. The summed E-state index contributed by atoms with van der Waals surface area (Å²) in [4.78, 5) is 24.1. The van der Waals surface area contributed by atoms with E-state index in [0.717, 1.165) is 12.8 Å². The van der Waals surface area contributed by atoms with Gasteiger partial charge in [0.15, 0.2) is 0 Å². The number of amides is 1. The molecule has 0 atom stereocenters. The van der Waals surface area contributed by atoms with Crippen LogP contribution in [0.25, 0.3) is 10.8 Å². The quantitative estimate of drug-likeness (QED) is 0.691. The number of hydrogen-bond donors (Lipinski definition) is 2. The van der Waals surface area contributed by atoms with Crippen molar-refractivity contribution in [2.75, 3.05) is 6.61 Å². The van der Waals surface area contributed by atoms with Crippen LogP contribution >= 0.6 is 0 Å². The molecule has 1 amide bonds. The van der Waals surface area contributed by atoms with Crippen molar-refractivity contribution < 1.29 is 14.6 Å². The van der Waals surface area contributed by atoms with Crippen LogP contribution in [0.5, 0.6) is 5.75 Å². The normalized spacial score (nSPS) is 10.8. The zero-order valence-corrected chi connectivity index (χ0v) is 15.9. The zero-order valence-electron chi connectivity index (χ0n) is 15.9. The minimum absolute atomic E-state index is 0.0501. The van der Waals surface area contributed by atoms with Gasteiger partial charge in [0.05, 0.1) is 35.9 Å². The van der Waals surface area contributed by atoms with Crippen molar-refractivity contribution in [2.24, 2.45) is 5.92 Å². The Labute approximate surface area is 158 Å². The van der Waals surface area contributed by atoms with Gasteiger partial charge in [-0.2, -0.15) is 5.26 Å². The second kappa shape index (κ2) is 9.08. The highest BCUT2D eigenvalue weighted by molar-refractivity contribution is 5.89. The lowest BCUT2D eigenvalue weighted by atomic mass is 10.1. The molecule has 2 N–H and O–H groups in total. The van der Waals surface area contributed by atoms with E-state index < -0.39 is 6.09 Å². The van der Waals surface area contributed by atoms with Gasteiger partial charge in [-0.15, -0.1) is 0 Å². The molecule has 0 radical (unpaired) electrons. The molecule has 0 saturated heterocycles. The lowest BCUT2D eigenvalue weighted by molar-refractivity contribution is 0.193. The van der Waals surface area contributed by atoms with E-state index >= 15 is 0 Å². The molecule has 0 spiro atoms. The van der Waals surface area contributed by atoms with Crippen molar-refractivity contribution in [2.45, 2.75) is 46.7 Å². The maximum absolute atomic E-state index is 13.1. The smallest absolute Gasteiger partial charge is 0.404 e. The molecule has 2 rings (SSSR count). The standard InChI is InChI=1S/C20H25N3O4/c1-4-5-8-27-18-16-9-14(10-21)6-7-15(16)19(24)23(12-13(2)3)17(18)11-22-20(25)26/h6-7,9,13,22H,4-5,8,11-12H2,1-3H3,(H,25,26). The molecule has 1 aromatic carbocycles. The van der Waals surface area contributed by atoms with Crippen molar-refractivity contribution in [1.82, 2.24) is 9.88 Å². The van der Waals surface area contributed by atoms with Crippen LogP contribution < -0.4 is 15.6 Å². The van der Waals surface area contributed by atoms with Gasteiger partial charge in [0.25, 0.3) is 5.56 Å². The highest BCUT2D eigenvalue weighted by Crippen LogP contribution is 2.29. The number of ether oxygens (including phenoxy) is 1. The predicted molar refractivity (Wildman–Crippen MR) is 103 cm³/mol. The molecule has 7 nitrogen and oxygen atoms in total. The van der Waals surface area contributed by atoms with E-state index in [1.165, 1.54) is 0 Å². The summed E-state index contributed by atoms with van der Waals surface area (Å²) >= 11 is 0. The van der Waals surface area contributed by atoms with E-state index in [9.17, 15) is 14.9 Å². The van der Waals surface area contributed by atoms with Gasteiger partial charge in [0, 0.05) is 11.9 Å². The summed E-state index contributed by atoms with van der Waals surface area (Å²) in [6.45, 7) is 6.86. The fraction of sp³-hybridized carbons (Fsp3) is 0.450. The minimum atomic E-state index is -1.18. The molecule has 0 aliphatic heterocycles. The average Bonchev–Trinajstić information content (AvgIpc) is 2.63. The van der Waals surface area contributed by atoms with Crippen LogP contribution in [-0.2, 0) is 13.1 Å².